The van der Waals surface area contributed by atoms with E-state index in [2.05, 4.69) is 14.9 Å². The zero-order valence-electron chi connectivity index (χ0n) is 11.8. The van der Waals surface area contributed by atoms with E-state index in [1.165, 1.54) is 7.11 Å². The van der Waals surface area contributed by atoms with Crippen molar-refractivity contribution < 1.29 is 18.7 Å². The Morgan fingerprint density at radius 2 is 1.91 bits per heavy atom. The Balaban J connectivity index is 1.97. The van der Waals surface area contributed by atoms with Crippen molar-refractivity contribution in [1.82, 2.24) is 10.2 Å². The zero-order valence-corrected chi connectivity index (χ0v) is 14.1. The van der Waals surface area contributed by atoms with E-state index in [4.69, 9.17) is 44.0 Å². The summed E-state index contributed by atoms with van der Waals surface area (Å²) < 4.78 is 13.2. The Morgan fingerprint density at radius 3 is 2.48 bits per heavy atom. The van der Waals surface area contributed by atoms with Gasteiger partial charge in [0.1, 0.15) is 5.75 Å². The van der Waals surface area contributed by atoms with Gasteiger partial charge in [-0.1, -0.05) is 46.9 Å². The summed E-state index contributed by atoms with van der Waals surface area (Å²) in [6.45, 7) is -0.145. The number of ether oxygens (including phenoxy) is 2. The van der Waals surface area contributed by atoms with E-state index >= 15 is 0 Å². The fraction of sp³-hybridized carbons (Fsp3) is 0.214. The summed E-state index contributed by atoms with van der Waals surface area (Å²) in [5.41, 5.74) is 0.851. The van der Waals surface area contributed by atoms with Crippen LogP contribution in [-0.2, 0) is 13.3 Å². The van der Waals surface area contributed by atoms with Crippen molar-refractivity contribution in [3.8, 4) is 5.75 Å². The summed E-state index contributed by atoms with van der Waals surface area (Å²) in [7, 11) is 1.30. The first-order valence-electron chi connectivity index (χ1n) is 6.27. The molecule has 0 aliphatic heterocycles. The Bertz CT molecular complexity index is 693. The molecule has 0 N–H and O–H groups in total. The van der Waals surface area contributed by atoms with Gasteiger partial charge in [0, 0.05) is 6.08 Å². The molecule has 0 unspecified atom stereocenters. The van der Waals surface area contributed by atoms with E-state index in [0.29, 0.717) is 5.75 Å². The van der Waals surface area contributed by atoms with Crippen LogP contribution in [0, 0.1) is 0 Å². The quantitative estimate of drug-likeness (QED) is 0.585. The lowest BCUT2D eigenvalue weighted by Crippen LogP contribution is -2.12. The van der Waals surface area contributed by atoms with Gasteiger partial charge in [-0.3, -0.25) is 0 Å². The van der Waals surface area contributed by atoms with Crippen LogP contribution in [0.1, 0.15) is 17.3 Å². The topological polar surface area (TPSA) is 74.5 Å². The highest BCUT2D eigenvalue weighted by Crippen LogP contribution is 2.37. The molecule has 0 bridgehead atoms. The molecule has 2 aromatic rings. The Kier molecular flexibility index (Phi) is 5.87. The number of aromatic nitrogens is 2. The molecule has 9 heteroatoms. The average molecular weight is 378 g/mol. The van der Waals surface area contributed by atoms with E-state index in [-0.39, 0.29) is 18.4 Å². The van der Waals surface area contributed by atoms with Crippen LogP contribution >= 0.6 is 34.8 Å². The Morgan fingerprint density at radius 1 is 1.22 bits per heavy atom. The number of benzene rings is 1. The molecule has 122 valence electrons. The molecule has 0 radical (unpaired) electrons. The fourth-order valence-corrected chi connectivity index (χ4v) is 1.69. The van der Waals surface area contributed by atoms with E-state index < -0.39 is 9.76 Å². The minimum absolute atomic E-state index is 0.103. The molecule has 0 aliphatic rings. The molecule has 2 rings (SSSR count). The van der Waals surface area contributed by atoms with Gasteiger partial charge in [0.2, 0.25) is 5.89 Å². The molecule has 0 spiro atoms. The largest absolute Gasteiger partial charge is 0.482 e. The van der Waals surface area contributed by atoms with Crippen LogP contribution in [0.4, 0.5) is 0 Å². The number of halogens is 3. The van der Waals surface area contributed by atoms with Crippen LogP contribution in [0.25, 0.3) is 12.2 Å². The lowest BCUT2D eigenvalue weighted by molar-refractivity contribution is -0.142. The van der Waals surface area contributed by atoms with E-state index in [1.54, 1.807) is 36.4 Å². The molecule has 23 heavy (non-hydrogen) atoms. The maximum Gasteiger partial charge on any atom is 0.343 e. The molecule has 1 heterocycles. The number of methoxy groups -OCH3 is 1. The number of rotatable bonds is 5. The molecular weight excluding hydrogens is 367 g/mol. The van der Waals surface area contributed by atoms with Gasteiger partial charge in [-0.25, -0.2) is 4.79 Å². The van der Waals surface area contributed by atoms with Crippen molar-refractivity contribution in [2.24, 2.45) is 0 Å². The first-order chi connectivity index (χ1) is 10.9. The van der Waals surface area contributed by atoms with Crippen LogP contribution in [0.3, 0.4) is 0 Å². The van der Waals surface area contributed by atoms with Gasteiger partial charge in [0.25, 0.3) is 9.68 Å². The van der Waals surface area contributed by atoms with Gasteiger partial charge in [0.15, 0.2) is 6.61 Å². The highest BCUT2D eigenvalue weighted by molar-refractivity contribution is 6.66. The van der Waals surface area contributed by atoms with Crippen molar-refractivity contribution in [3.05, 3.63) is 41.6 Å². The first kappa shape index (κ1) is 17.6. The number of hydrogen-bond acceptors (Lipinski definition) is 6. The summed E-state index contributed by atoms with van der Waals surface area (Å²) in [6.07, 6.45) is 3.32. The smallest absolute Gasteiger partial charge is 0.343 e. The number of carbonyl (C=O) groups excluding carboxylic acids is 1. The maximum absolute atomic E-state index is 11.0. The number of hydrogen-bond donors (Lipinski definition) is 0. The molecule has 0 saturated carbocycles. The number of alkyl halides is 3. The third kappa shape index (κ3) is 5.42. The minimum atomic E-state index is -1.75. The van der Waals surface area contributed by atoms with Crippen molar-refractivity contribution in [3.63, 3.8) is 0 Å². The summed E-state index contributed by atoms with van der Waals surface area (Å²) >= 11 is 16.9. The predicted octanol–water partition coefficient (Wildman–Crippen LogP) is 3.62. The van der Waals surface area contributed by atoms with Crippen LogP contribution < -0.4 is 4.74 Å². The fourth-order valence-electron chi connectivity index (χ4n) is 1.46. The lowest BCUT2D eigenvalue weighted by Gasteiger charge is -2.04. The minimum Gasteiger partial charge on any atom is -0.482 e. The van der Waals surface area contributed by atoms with Gasteiger partial charge >= 0.3 is 5.97 Å². The molecule has 0 fully saturated rings. The number of nitrogens with zero attached hydrogens (tertiary/aromatic N) is 2. The van der Waals surface area contributed by atoms with E-state index in [9.17, 15) is 4.79 Å². The van der Waals surface area contributed by atoms with Crippen LogP contribution in [0.2, 0.25) is 0 Å². The van der Waals surface area contributed by atoms with Crippen molar-refractivity contribution >= 4 is 52.9 Å². The highest BCUT2D eigenvalue weighted by Gasteiger charge is 2.29. The lowest BCUT2D eigenvalue weighted by atomic mass is 10.2. The van der Waals surface area contributed by atoms with Gasteiger partial charge in [-0.2, -0.15) is 0 Å². The second-order valence-electron chi connectivity index (χ2n) is 4.21. The number of esters is 1. The zero-order chi connectivity index (χ0) is 16.9. The summed E-state index contributed by atoms with van der Waals surface area (Å²) in [5.74, 6) is 0.199. The summed E-state index contributed by atoms with van der Waals surface area (Å²) in [4.78, 5) is 11.0. The first-order valence-corrected chi connectivity index (χ1v) is 7.40. The second-order valence-corrected chi connectivity index (χ2v) is 6.49. The molecule has 0 aliphatic carbocycles. The molecule has 1 aromatic carbocycles. The molecule has 6 nitrogen and oxygen atoms in total. The second kappa shape index (κ2) is 7.68. The third-order valence-electron chi connectivity index (χ3n) is 2.57. The van der Waals surface area contributed by atoms with Crippen LogP contribution in [0.5, 0.6) is 5.75 Å². The van der Waals surface area contributed by atoms with Crippen LogP contribution in [0.15, 0.2) is 28.7 Å². The van der Waals surface area contributed by atoms with Gasteiger partial charge in [-0.15, -0.1) is 10.2 Å². The monoisotopic (exact) mass is 376 g/mol. The normalized spacial score (nSPS) is 11.7. The van der Waals surface area contributed by atoms with E-state index in [0.717, 1.165) is 5.56 Å². The standard InChI is InChI=1S/C14H11Cl3N2O4/c1-21-12(20)8-22-10-5-2-9(3-6-10)4-7-11-18-19-13(23-11)14(15,16)17/h2-7H,8H2,1H3. The van der Waals surface area contributed by atoms with Crippen molar-refractivity contribution in [2.75, 3.05) is 13.7 Å². The van der Waals surface area contributed by atoms with Crippen molar-refractivity contribution in [1.29, 1.82) is 0 Å². The number of carbonyl (C=O) groups is 1. The summed E-state index contributed by atoms with van der Waals surface area (Å²) in [6, 6.07) is 7.00. The highest BCUT2D eigenvalue weighted by atomic mass is 35.6. The van der Waals surface area contributed by atoms with Gasteiger partial charge in [-0.05, 0) is 23.8 Å². The van der Waals surface area contributed by atoms with Crippen LogP contribution in [-0.4, -0.2) is 29.9 Å². The van der Waals surface area contributed by atoms with Gasteiger partial charge < -0.3 is 13.9 Å². The molecule has 1 aromatic heterocycles. The summed E-state index contributed by atoms with van der Waals surface area (Å²) in [5, 5.41) is 7.38. The van der Waals surface area contributed by atoms with E-state index in [1.807, 2.05) is 0 Å². The van der Waals surface area contributed by atoms with Gasteiger partial charge in [0.05, 0.1) is 7.11 Å². The maximum atomic E-state index is 11.0. The average Bonchev–Trinajstić information content (AvgIpc) is 3.00. The molecule has 0 amide bonds. The Labute approximate surface area is 146 Å². The molecule has 0 atom stereocenters. The molecule has 0 saturated heterocycles. The predicted molar refractivity (Wildman–Crippen MR) is 86.4 cm³/mol. The Hall–Kier alpha value is -1.76. The third-order valence-corrected chi connectivity index (χ3v) is 3.05. The SMILES string of the molecule is COC(=O)COc1ccc(C=Cc2nnc(C(Cl)(Cl)Cl)o2)cc1. The van der Waals surface area contributed by atoms with Crippen molar-refractivity contribution in [2.45, 2.75) is 3.79 Å². The molecular formula is C14H11Cl3N2O4.